The van der Waals surface area contributed by atoms with Crippen molar-refractivity contribution < 1.29 is 14.3 Å². The molecule has 2 rings (SSSR count). The molecule has 1 amide bonds. The lowest BCUT2D eigenvalue weighted by molar-refractivity contribution is -0.115. The van der Waals surface area contributed by atoms with Crippen LogP contribution in [0.2, 0.25) is 5.02 Å². The molecule has 5 nitrogen and oxygen atoms in total. The molecule has 0 bridgehead atoms. The Kier molecular flexibility index (Phi) is 6.43. The summed E-state index contributed by atoms with van der Waals surface area (Å²) in [6.45, 7) is 0. The van der Waals surface area contributed by atoms with Gasteiger partial charge in [0, 0.05) is 23.4 Å². The molecule has 0 fully saturated rings. The molecule has 0 aliphatic carbocycles. The number of benzene rings is 1. The van der Waals surface area contributed by atoms with Crippen molar-refractivity contribution in [2.24, 2.45) is 0 Å². The highest BCUT2D eigenvalue weighted by Gasteiger charge is 2.14. The van der Waals surface area contributed by atoms with Crippen molar-refractivity contribution in [1.29, 1.82) is 0 Å². The number of aromatic nitrogens is 1. The zero-order valence-electron chi connectivity index (χ0n) is 12.4. The summed E-state index contributed by atoms with van der Waals surface area (Å²) >= 11 is 7.40. The number of hydrogen-bond acceptors (Lipinski definition) is 5. The molecule has 0 radical (unpaired) electrons. The number of thioether (sulfide) groups is 1. The van der Waals surface area contributed by atoms with Gasteiger partial charge in [0.05, 0.1) is 23.4 Å². The second kappa shape index (κ2) is 8.55. The lowest BCUT2D eigenvalue weighted by Gasteiger charge is -2.10. The smallest absolute Gasteiger partial charge is 0.339 e. The van der Waals surface area contributed by atoms with E-state index in [0.717, 1.165) is 5.03 Å². The zero-order chi connectivity index (χ0) is 16.7. The van der Waals surface area contributed by atoms with Gasteiger partial charge in [0.1, 0.15) is 0 Å². The number of rotatable bonds is 6. The number of halogens is 1. The Bertz CT molecular complexity index is 695. The Labute approximate surface area is 143 Å². The predicted octanol–water partition coefficient (Wildman–Crippen LogP) is 3.64. The summed E-state index contributed by atoms with van der Waals surface area (Å²) in [6.07, 6.45) is 1.99. The van der Waals surface area contributed by atoms with Crippen LogP contribution in [0.4, 0.5) is 5.69 Å². The number of carbonyl (C=O) groups excluding carboxylic acids is 2. The van der Waals surface area contributed by atoms with E-state index in [2.05, 4.69) is 10.3 Å². The summed E-state index contributed by atoms with van der Waals surface area (Å²) in [5.41, 5.74) is 0.611. The minimum atomic E-state index is -0.528. The normalized spacial score (nSPS) is 10.2. The highest BCUT2D eigenvalue weighted by molar-refractivity contribution is 7.99. The second-order valence-corrected chi connectivity index (χ2v) is 6.05. The monoisotopic (exact) mass is 350 g/mol. The molecule has 0 aliphatic rings. The van der Waals surface area contributed by atoms with Crippen LogP contribution in [0.25, 0.3) is 0 Å². The first-order chi connectivity index (χ1) is 11.1. The van der Waals surface area contributed by atoms with Gasteiger partial charge in [0.2, 0.25) is 5.91 Å². The third kappa shape index (κ3) is 5.26. The summed E-state index contributed by atoms with van der Waals surface area (Å²) in [5.74, 6) is -0.155. The molecule has 0 saturated heterocycles. The number of hydrogen-bond donors (Lipinski definition) is 1. The van der Waals surface area contributed by atoms with E-state index in [4.69, 9.17) is 16.3 Å². The first-order valence-corrected chi connectivity index (χ1v) is 8.18. The minimum Gasteiger partial charge on any atom is -0.465 e. The molecule has 23 heavy (non-hydrogen) atoms. The van der Waals surface area contributed by atoms with E-state index in [1.54, 1.807) is 12.3 Å². The molecule has 120 valence electrons. The van der Waals surface area contributed by atoms with Crippen molar-refractivity contribution in [3.63, 3.8) is 0 Å². The molecule has 0 aliphatic heterocycles. The average Bonchev–Trinajstić information content (AvgIpc) is 2.55. The van der Waals surface area contributed by atoms with Crippen molar-refractivity contribution in [2.45, 2.75) is 11.4 Å². The number of carbonyl (C=O) groups is 2. The third-order valence-corrected chi connectivity index (χ3v) is 4.06. The van der Waals surface area contributed by atoms with Crippen molar-refractivity contribution in [3.8, 4) is 0 Å². The number of methoxy groups -OCH3 is 1. The molecule has 1 heterocycles. The molecule has 0 atom stereocenters. The van der Waals surface area contributed by atoms with Crippen molar-refractivity contribution in [2.75, 3.05) is 18.2 Å². The van der Waals surface area contributed by atoms with Crippen molar-refractivity contribution >= 4 is 40.9 Å². The Morgan fingerprint density at radius 3 is 2.83 bits per heavy atom. The van der Waals surface area contributed by atoms with Crippen LogP contribution in [0.15, 0.2) is 47.6 Å². The number of esters is 1. The maximum Gasteiger partial charge on any atom is 0.339 e. The number of amides is 1. The summed E-state index contributed by atoms with van der Waals surface area (Å²) in [4.78, 5) is 27.9. The van der Waals surface area contributed by atoms with E-state index in [9.17, 15) is 9.59 Å². The first kappa shape index (κ1) is 17.3. The fraction of sp³-hybridized carbons (Fsp3) is 0.188. The van der Waals surface area contributed by atoms with Crippen LogP contribution >= 0.6 is 23.4 Å². The predicted molar refractivity (Wildman–Crippen MR) is 91.0 cm³/mol. The van der Waals surface area contributed by atoms with Crippen LogP contribution in [-0.4, -0.2) is 29.7 Å². The van der Waals surface area contributed by atoms with Crippen LogP contribution < -0.4 is 5.32 Å². The number of ether oxygens (including phenoxy) is 1. The van der Waals surface area contributed by atoms with Gasteiger partial charge in [-0.2, -0.15) is 0 Å². The van der Waals surface area contributed by atoms with E-state index in [-0.39, 0.29) is 17.9 Å². The van der Waals surface area contributed by atoms with Gasteiger partial charge in [-0.1, -0.05) is 17.7 Å². The molecular weight excluding hydrogens is 336 g/mol. The fourth-order valence-electron chi connectivity index (χ4n) is 1.80. The summed E-state index contributed by atoms with van der Waals surface area (Å²) < 4.78 is 4.69. The van der Waals surface area contributed by atoms with Crippen LogP contribution in [0, 0.1) is 0 Å². The molecule has 1 aromatic heterocycles. The Balaban J connectivity index is 1.94. The van der Waals surface area contributed by atoms with Crippen LogP contribution in [0.1, 0.15) is 16.8 Å². The molecular formula is C16H15ClN2O3S. The van der Waals surface area contributed by atoms with Gasteiger partial charge in [-0.25, -0.2) is 9.78 Å². The van der Waals surface area contributed by atoms with E-state index in [1.165, 1.54) is 31.0 Å². The van der Waals surface area contributed by atoms with E-state index >= 15 is 0 Å². The van der Waals surface area contributed by atoms with Gasteiger partial charge < -0.3 is 10.1 Å². The van der Waals surface area contributed by atoms with Crippen LogP contribution in [0.3, 0.4) is 0 Å². The lowest BCUT2D eigenvalue weighted by Crippen LogP contribution is -2.15. The van der Waals surface area contributed by atoms with Crippen LogP contribution in [-0.2, 0) is 9.53 Å². The molecule has 7 heteroatoms. The third-order valence-electron chi connectivity index (χ3n) is 2.88. The Morgan fingerprint density at radius 2 is 2.13 bits per heavy atom. The maximum atomic E-state index is 12.0. The van der Waals surface area contributed by atoms with E-state index in [1.807, 2.05) is 18.2 Å². The van der Waals surface area contributed by atoms with Gasteiger partial charge in [0.15, 0.2) is 0 Å². The fourth-order valence-corrected chi connectivity index (χ4v) is 2.78. The number of anilines is 1. The summed E-state index contributed by atoms with van der Waals surface area (Å²) in [6, 6.07) is 10.2. The molecule has 0 saturated carbocycles. The standard InChI is InChI=1S/C16H15ClN2O3S/c1-22-16(21)12-6-5-11(17)10-13(12)19-14(20)7-9-23-15-4-2-3-8-18-15/h2-6,8,10H,7,9H2,1H3,(H,19,20). The SMILES string of the molecule is COC(=O)c1ccc(Cl)cc1NC(=O)CCSc1ccccn1. The quantitative estimate of drug-likeness (QED) is 0.636. The second-order valence-electron chi connectivity index (χ2n) is 4.50. The minimum absolute atomic E-state index is 0.208. The highest BCUT2D eigenvalue weighted by atomic mass is 35.5. The molecule has 1 N–H and O–H groups in total. The number of nitrogens with one attached hydrogen (secondary N) is 1. The van der Waals surface area contributed by atoms with E-state index < -0.39 is 5.97 Å². The largest absolute Gasteiger partial charge is 0.465 e. The zero-order valence-corrected chi connectivity index (χ0v) is 14.0. The van der Waals surface area contributed by atoms with E-state index in [0.29, 0.717) is 16.5 Å². The van der Waals surface area contributed by atoms with Crippen molar-refractivity contribution in [1.82, 2.24) is 4.98 Å². The van der Waals surface area contributed by atoms with Gasteiger partial charge in [-0.15, -0.1) is 11.8 Å². The lowest BCUT2D eigenvalue weighted by atomic mass is 10.1. The number of nitrogens with zero attached hydrogens (tertiary/aromatic N) is 1. The van der Waals surface area contributed by atoms with Crippen molar-refractivity contribution in [3.05, 3.63) is 53.2 Å². The van der Waals surface area contributed by atoms with Gasteiger partial charge in [-0.3, -0.25) is 4.79 Å². The van der Waals surface area contributed by atoms with Gasteiger partial charge >= 0.3 is 5.97 Å². The van der Waals surface area contributed by atoms with Gasteiger partial charge in [-0.05, 0) is 30.3 Å². The molecule has 1 aromatic carbocycles. The molecule has 2 aromatic rings. The van der Waals surface area contributed by atoms with Crippen LogP contribution in [0.5, 0.6) is 0 Å². The van der Waals surface area contributed by atoms with Gasteiger partial charge in [0.25, 0.3) is 0 Å². The average molecular weight is 351 g/mol. The topological polar surface area (TPSA) is 68.3 Å². The summed E-state index contributed by atoms with van der Waals surface area (Å²) in [5, 5.41) is 3.98. The Hall–Kier alpha value is -2.05. The molecule has 0 spiro atoms. The first-order valence-electron chi connectivity index (χ1n) is 6.81. The summed E-state index contributed by atoms with van der Waals surface area (Å²) in [7, 11) is 1.28. The highest BCUT2D eigenvalue weighted by Crippen LogP contribution is 2.22. The molecule has 0 unspecified atom stereocenters. The maximum absolute atomic E-state index is 12.0. The Morgan fingerprint density at radius 1 is 1.30 bits per heavy atom. The number of pyridine rings is 1.